The van der Waals surface area contributed by atoms with E-state index in [0.29, 0.717) is 0 Å². The molecular formula is C76H50BF24IO2. The van der Waals surface area contributed by atoms with Crippen LogP contribution in [0.5, 0.6) is 0 Å². The fraction of sp³-hybridized carbons (Fsp3) is 0.211. The third kappa shape index (κ3) is 17.0. The van der Waals surface area contributed by atoms with Gasteiger partial charge in [-0.1, -0.05) is 146 Å². The van der Waals surface area contributed by atoms with Gasteiger partial charge in [0.05, 0.1) is 44.5 Å². The predicted octanol–water partition coefficient (Wildman–Crippen LogP) is 20.0. The van der Waals surface area contributed by atoms with E-state index in [9.17, 15) is 105 Å². The summed E-state index contributed by atoms with van der Waals surface area (Å²) in [7, 11) is 0. The van der Waals surface area contributed by atoms with Gasteiger partial charge in [-0.15, -0.1) is 0 Å². The molecule has 0 saturated carbocycles. The van der Waals surface area contributed by atoms with Gasteiger partial charge in [-0.2, -0.15) is 127 Å². The first-order valence-electron chi connectivity index (χ1n) is 31.5. The molecule has 0 aliphatic heterocycles. The zero-order chi connectivity index (χ0) is 75.3. The number of unbranched alkanes of at least 4 members (excludes halogenated alkanes) is 2. The Morgan fingerprint density at radius 3 is 0.673 bits per heavy atom. The molecule has 544 valence electrons. The van der Waals surface area contributed by atoms with Crippen molar-refractivity contribution in [2.75, 3.05) is 0 Å². The van der Waals surface area contributed by atoms with Crippen molar-refractivity contribution >= 4 is 71.1 Å². The highest BCUT2D eigenvalue weighted by Gasteiger charge is 2.47. The van der Waals surface area contributed by atoms with Crippen LogP contribution in [0, 0.1) is 7.53 Å². The fourth-order valence-corrected chi connectivity index (χ4v) is 15.2. The molecule has 12 rings (SSSR count). The highest BCUT2D eigenvalue weighted by molar-refractivity contribution is 7.20. The molecule has 0 fully saturated rings. The lowest BCUT2D eigenvalue weighted by atomic mass is 9.12. The zero-order valence-electron chi connectivity index (χ0n) is 53.1. The zero-order valence-corrected chi connectivity index (χ0v) is 55.3. The summed E-state index contributed by atoms with van der Waals surface area (Å²) < 4.78 is 356. The van der Waals surface area contributed by atoms with E-state index in [4.69, 9.17) is 8.83 Å². The average molecular weight is 1590 g/mol. The van der Waals surface area contributed by atoms with Gasteiger partial charge in [-0.3, -0.25) is 0 Å². The highest BCUT2D eigenvalue weighted by Crippen LogP contribution is 2.43. The minimum absolute atomic E-state index is 0.457. The van der Waals surface area contributed by atoms with Crippen LogP contribution in [0.4, 0.5) is 105 Å². The van der Waals surface area contributed by atoms with E-state index in [1.54, 1.807) is 0 Å². The summed E-state index contributed by atoms with van der Waals surface area (Å²) in [6.45, 7) is 0. The van der Waals surface area contributed by atoms with Gasteiger partial charge in [0.15, 0.2) is 0 Å². The van der Waals surface area contributed by atoms with Crippen molar-refractivity contribution in [3.8, 4) is 0 Å². The van der Waals surface area contributed by atoms with Gasteiger partial charge in [0.1, 0.15) is 17.7 Å². The summed E-state index contributed by atoms with van der Waals surface area (Å²) in [5.74, 6) is 2.19. The smallest absolute Gasteiger partial charge is 0.423 e. The number of fused-ring (bicyclic) bond motifs is 4. The minimum atomic E-state index is -6.13. The molecular weight excluding hydrogens is 1540 g/mol. The Morgan fingerprint density at radius 2 is 0.452 bits per heavy atom. The minimum Gasteiger partial charge on any atom is -0.423 e. The number of hydrogen-bond donors (Lipinski definition) is 0. The second-order valence-electron chi connectivity index (χ2n) is 24.7. The SMILES string of the molecule is FC(F)(F)c1cc([B-](c2cc(C(F)(F)F)cc(C(F)(F)F)c2)(c2cc(C(F)(F)F)cc(C(F)(F)F)c2)c2cc(C(F)(F)F)cc(C(F)(F)F)c2)cc(C(F)(F)F)c1.c1ccc2c(CCCCc3ccc([I+]c4ccc(CCCCc5c6ccccc6cc6ccccc56)o4)o3)c3ccccc3cc2c1. The van der Waals surface area contributed by atoms with Gasteiger partial charge in [-0.25, -0.2) is 0 Å². The molecule has 0 unspecified atom stereocenters. The molecule has 2 nitrogen and oxygen atoms in total. The number of rotatable bonds is 16. The summed E-state index contributed by atoms with van der Waals surface area (Å²) in [6, 6.07) is 39.7. The van der Waals surface area contributed by atoms with E-state index in [1.807, 2.05) is 0 Å². The molecule has 0 radical (unpaired) electrons. The standard InChI is InChI=1S/C44H38IO2.C32H12BF24/c1-7-19-37-31(13-1)29-32-14-2-8-20-38(32)41(37)23-11-5-17-35-25-27-43(46-35)45-44-28-26-36(47-44)18-6-12-24-42-39-21-9-3-15-33(39)30-34-16-4-10-22-40(34)42;34-25(35,36)13-1-14(26(37,38)39)6-21(5-13)33(22-7-15(27(40,41)42)2-16(8-22)28(43,44)45,23-9-17(29(46,47)48)3-18(10-23)30(49,50)51)24-11-19(31(52,53)54)4-20(12-24)32(55,56)57/h1-4,7-10,13-16,19-22,25-30H,5-6,11-12,17-18,23-24H2;1-12H/q+1;-1. The largest absolute Gasteiger partial charge is 0.442 e. The average Bonchev–Trinajstić information content (AvgIpc) is 0.839. The lowest BCUT2D eigenvalue weighted by molar-refractivity contribution is -0.636. The summed E-state index contributed by atoms with van der Waals surface area (Å²) >= 11 is -0.457. The van der Waals surface area contributed by atoms with Crippen molar-refractivity contribution in [3.63, 3.8) is 0 Å². The molecule has 0 saturated heterocycles. The Kier molecular flexibility index (Phi) is 21.0. The second kappa shape index (κ2) is 28.8. The maximum Gasteiger partial charge on any atom is 0.442 e. The molecule has 0 bridgehead atoms. The third-order valence-corrected chi connectivity index (χ3v) is 20.1. The molecule has 0 N–H and O–H groups in total. The van der Waals surface area contributed by atoms with Crippen molar-refractivity contribution in [2.24, 2.45) is 0 Å². The van der Waals surface area contributed by atoms with Crippen LogP contribution in [0.15, 0.2) is 215 Å². The topological polar surface area (TPSA) is 26.3 Å². The van der Waals surface area contributed by atoms with Crippen LogP contribution < -0.4 is 43.1 Å². The lowest BCUT2D eigenvalue weighted by Crippen LogP contribution is -3.61. The van der Waals surface area contributed by atoms with Gasteiger partial charge >= 0.3 is 78.1 Å². The third-order valence-electron chi connectivity index (χ3n) is 17.8. The molecule has 104 heavy (non-hydrogen) atoms. The number of hydrogen-bond acceptors (Lipinski definition) is 2. The van der Waals surface area contributed by atoms with E-state index in [-0.39, 0.29) is 0 Å². The Labute approximate surface area is 585 Å². The number of halogens is 25. The highest BCUT2D eigenvalue weighted by atomic mass is 127. The van der Waals surface area contributed by atoms with Crippen LogP contribution in [-0.4, -0.2) is 6.15 Å². The van der Waals surface area contributed by atoms with E-state index >= 15 is 0 Å². The van der Waals surface area contributed by atoms with E-state index in [1.165, 1.54) is 54.2 Å². The van der Waals surface area contributed by atoms with Crippen molar-refractivity contribution < 1.29 is 135 Å². The number of furan rings is 2. The van der Waals surface area contributed by atoms with Crippen LogP contribution in [0.3, 0.4) is 0 Å². The maximum atomic E-state index is 14.2. The maximum absolute atomic E-state index is 14.2. The second-order valence-corrected chi connectivity index (χ2v) is 27.4. The fourth-order valence-electron chi connectivity index (χ4n) is 13.2. The monoisotopic (exact) mass is 1590 g/mol. The van der Waals surface area contributed by atoms with Crippen LogP contribution in [-0.2, 0) is 75.1 Å². The summed E-state index contributed by atoms with van der Waals surface area (Å²) in [4.78, 5) is 0. The van der Waals surface area contributed by atoms with Crippen molar-refractivity contribution in [1.82, 2.24) is 0 Å². The summed E-state index contributed by atoms with van der Waals surface area (Å²) in [6.07, 6.45) is -46.2. The molecule has 2 aromatic heterocycles. The summed E-state index contributed by atoms with van der Waals surface area (Å²) in [5.41, 5.74) is -27.3. The number of aryl methyl sites for hydroxylation is 4. The van der Waals surface area contributed by atoms with Crippen LogP contribution in [0.1, 0.15) is 92.8 Å². The first kappa shape index (κ1) is 76.1. The molecule has 0 amide bonds. The Balaban J connectivity index is 0.000000211. The van der Waals surface area contributed by atoms with E-state index in [2.05, 4.69) is 133 Å². The molecule has 0 atom stereocenters. The lowest BCUT2D eigenvalue weighted by Gasteiger charge is -2.46. The van der Waals surface area contributed by atoms with Crippen molar-refractivity contribution in [1.29, 1.82) is 0 Å². The van der Waals surface area contributed by atoms with Gasteiger partial charge in [0.25, 0.3) is 0 Å². The molecule has 12 aromatic rings. The van der Waals surface area contributed by atoms with Crippen molar-refractivity contribution in [3.05, 3.63) is 281 Å². The first-order valence-corrected chi connectivity index (χ1v) is 33.7. The molecule has 0 spiro atoms. The van der Waals surface area contributed by atoms with Gasteiger partial charge in [0.2, 0.25) is 0 Å². The Hall–Kier alpha value is -9.09. The summed E-state index contributed by atoms with van der Waals surface area (Å²) in [5, 5.41) is 10.8. The van der Waals surface area contributed by atoms with E-state index < -0.39 is 216 Å². The molecule has 2 heterocycles. The number of benzene rings is 10. The molecule has 10 aromatic carbocycles. The Morgan fingerprint density at radius 1 is 0.240 bits per heavy atom. The van der Waals surface area contributed by atoms with Crippen LogP contribution in [0.2, 0.25) is 0 Å². The molecule has 0 aliphatic rings. The first-order chi connectivity index (χ1) is 48.5. The van der Waals surface area contributed by atoms with Crippen LogP contribution in [0.25, 0.3) is 43.1 Å². The van der Waals surface area contributed by atoms with Gasteiger partial charge in [-0.05, 0) is 141 Å². The van der Waals surface area contributed by atoms with Crippen molar-refractivity contribution in [2.45, 2.75) is 101 Å². The van der Waals surface area contributed by atoms with Gasteiger partial charge in [0, 0.05) is 25.0 Å². The van der Waals surface area contributed by atoms with Gasteiger partial charge < -0.3 is 8.83 Å². The quantitative estimate of drug-likeness (QED) is 0.0317. The van der Waals surface area contributed by atoms with Crippen LogP contribution >= 0.6 is 0 Å². The predicted molar refractivity (Wildman–Crippen MR) is 341 cm³/mol. The molecule has 28 heteroatoms. The number of alkyl halides is 24. The van der Waals surface area contributed by atoms with E-state index in [0.717, 1.165) is 70.4 Å². The Bertz CT molecular complexity index is 4390. The molecule has 0 aliphatic carbocycles. The normalized spacial score (nSPS) is 13.2.